The minimum atomic E-state index is -0.677. The van der Waals surface area contributed by atoms with E-state index in [4.69, 9.17) is 14.2 Å². The summed E-state index contributed by atoms with van der Waals surface area (Å²) >= 11 is 2.08. The van der Waals surface area contributed by atoms with Crippen molar-refractivity contribution in [2.75, 3.05) is 6.61 Å². The summed E-state index contributed by atoms with van der Waals surface area (Å²) in [5.74, 6) is -0.161. The Morgan fingerprint density at radius 1 is 1.17 bits per heavy atom. The number of halogens is 2. The Morgan fingerprint density at radius 3 is 2.67 bits per heavy atom. The number of hydrogen-bond donors (Lipinski definition) is 0. The van der Waals surface area contributed by atoms with Crippen LogP contribution in [0.15, 0.2) is 65.3 Å². The molecule has 3 aromatic rings. The second-order valence-electron chi connectivity index (χ2n) is 7.69. The fourth-order valence-electron chi connectivity index (χ4n) is 3.57. The van der Waals surface area contributed by atoms with E-state index >= 15 is 0 Å². The third-order valence-corrected chi connectivity index (χ3v) is 6.12. The molecular weight excluding hydrogens is 582 g/mol. The Kier molecular flexibility index (Phi) is 7.63. The van der Waals surface area contributed by atoms with Crippen molar-refractivity contribution in [1.29, 1.82) is 0 Å². The zero-order chi connectivity index (χ0) is 25.8. The molecule has 0 radical (unpaired) electrons. The van der Waals surface area contributed by atoms with E-state index in [-0.39, 0.29) is 29.7 Å². The largest absolute Gasteiger partial charge is 0.490 e. The normalized spacial score (nSPS) is 13.9. The molecule has 0 amide bonds. The van der Waals surface area contributed by atoms with Gasteiger partial charge in [-0.25, -0.2) is 14.2 Å². The highest BCUT2D eigenvalue weighted by molar-refractivity contribution is 14.1. The summed E-state index contributed by atoms with van der Waals surface area (Å²) in [5.41, 5.74) is 1.67. The monoisotopic (exact) mass is 602 g/mol. The molecule has 0 aromatic heterocycles. The lowest BCUT2D eigenvalue weighted by Gasteiger charge is -2.15. The van der Waals surface area contributed by atoms with Gasteiger partial charge in [-0.2, -0.15) is 0 Å². The fourth-order valence-corrected chi connectivity index (χ4v) is 4.36. The zero-order valence-electron chi connectivity index (χ0n) is 19.3. The maximum atomic E-state index is 14.0. The van der Waals surface area contributed by atoms with Crippen LogP contribution < -0.4 is 9.47 Å². The number of ether oxygens (including phenoxy) is 3. The van der Waals surface area contributed by atoms with Gasteiger partial charge in [0.2, 0.25) is 5.90 Å². The number of nitro benzene ring substituents is 1. The number of nitrogens with zero attached hydrogens (tertiary/aromatic N) is 2. The van der Waals surface area contributed by atoms with Crippen LogP contribution in [-0.2, 0) is 16.1 Å². The molecule has 0 bridgehead atoms. The van der Waals surface area contributed by atoms with Crippen molar-refractivity contribution in [3.8, 4) is 11.5 Å². The van der Waals surface area contributed by atoms with E-state index in [1.54, 1.807) is 43.3 Å². The van der Waals surface area contributed by atoms with Crippen LogP contribution >= 0.6 is 22.6 Å². The molecule has 0 aliphatic carbocycles. The molecule has 3 aromatic carbocycles. The van der Waals surface area contributed by atoms with Crippen molar-refractivity contribution in [2.24, 2.45) is 4.99 Å². The van der Waals surface area contributed by atoms with E-state index in [1.807, 2.05) is 6.92 Å². The Hall–Kier alpha value is -3.80. The van der Waals surface area contributed by atoms with Crippen molar-refractivity contribution >= 4 is 46.2 Å². The van der Waals surface area contributed by atoms with Crippen LogP contribution in [0.1, 0.15) is 29.2 Å². The predicted octanol–water partition coefficient (Wildman–Crippen LogP) is 5.97. The molecule has 10 heteroatoms. The molecule has 1 aliphatic rings. The molecule has 4 rings (SSSR count). The molecule has 1 heterocycles. The lowest BCUT2D eigenvalue weighted by atomic mass is 10.1. The molecule has 0 N–H and O–H groups in total. The SMILES string of the molecule is CCOc1cc(/C=C2\N=C(c3cccc([N+](=O)[O-])c3C)OC2=O)cc(I)c1OCc1ccccc1F. The topological polar surface area (TPSA) is 100 Å². The van der Waals surface area contributed by atoms with Gasteiger partial charge in [0, 0.05) is 22.8 Å². The maximum Gasteiger partial charge on any atom is 0.363 e. The molecule has 0 atom stereocenters. The van der Waals surface area contributed by atoms with Gasteiger partial charge in [-0.3, -0.25) is 10.1 Å². The van der Waals surface area contributed by atoms with Gasteiger partial charge in [-0.1, -0.05) is 24.3 Å². The second-order valence-corrected chi connectivity index (χ2v) is 8.85. The standard InChI is InChI=1S/C26H20FIN2O6/c1-3-34-23-13-16(11-20(28)24(23)35-14-17-7-4-5-9-19(17)27)12-21-26(31)36-25(29-21)18-8-6-10-22(15(18)2)30(32)33/h4-13H,3,14H2,1-2H3/b21-12-. The lowest BCUT2D eigenvalue weighted by Crippen LogP contribution is -2.08. The number of rotatable bonds is 8. The smallest absolute Gasteiger partial charge is 0.363 e. The first-order chi connectivity index (χ1) is 17.3. The third kappa shape index (κ3) is 5.38. The van der Waals surface area contributed by atoms with Crippen LogP contribution in [0, 0.1) is 26.4 Å². The molecule has 0 saturated carbocycles. The molecule has 0 unspecified atom stereocenters. The van der Waals surface area contributed by atoms with Crippen LogP contribution in [0.5, 0.6) is 11.5 Å². The van der Waals surface area contributed by atoms with Crippen LogP contribution in [0.2, 0.25) is 0 Å². The van der Waals surface area contributed by atoms with E-state index in [1.165, 1.54) is 24.3 Å². The van der Waals surface area contributed by atoms with Gasteiger partial charge in [0.1, 0.15) is 12.4 Å². The predicted molar refractivity (Wildman–Crippen MR) is 139 cm³/mol. The Morgan fingerprint density at radius 2 is 1.94 bits per heavy atom. The summed E-state index contributed by atoms with van der Waals surface area (Å²) in [6.07, 6.45) is 1.54. The van der Waals surface area contributed by atoms with Crippen molar-refractivity contribution in [1.82, 2.24) is 0 Å². The van der Waals surface area contributed by atoms with Crippen molar-refractivity contribution in [3.63, 3.8) is 0 Å². The molecule has 0 fully saturated rings. The molecule has 184 valence electrons. The van der Waals surface area contributed by atoms with Crippen LogP contribution in [0.4, 0.5) is 10.1 Å². The molecule has 36 heavy (non-hydrogen) atoms. The zero-order valence-corrected chi connectivity index (χ0v) is 21.4. The number of carbonyl (C=O) groups excluding carboxylic acids is 1. The van der Waals surface area contributed by atoms with Crippen LogP contribution in [0.3, 0.4) is 0 Å². The first kappa shape index (κ1) is 25.3. The minimum Gasteiger partial charge on any atom is -0.490 e. The van der Waals surface area contributed by atoms with Crippen LogP contribution in [0.25, 0.3) is 6.08 Å². The molecule has 0 saturated heterocycles. The lowest BCUT2D eigenvalue weighted by molar-refractivity contribution is -0.385. The summed E-state index contributed by atoms with van der Waals surface area (Å²) in [6, 6.07) is 14.3. The number of cyclic esters (lactones) is 1. The highest BCUT2D eigenvalue weighted by Gasteiger charge is 2.27. The Balaban J connectivity index is 1.65. The first-order valence-electron chi connectivity index (χ1n) is 10.9. The van der Waals surface area contributed by atoms with Gasteiger partial charge in [-0.05, 0) is 72.3 Å². The van der Waals surface area contributed by atoms with Crippen molar-refractivity contribution < 1.29 is 28.3 Å². The average Bonchev–Trinajstić information content (AvgIpc) is 3.19. The molecular formula is C26H20FIN2O6. The molecule has 1 aliphatic heterocycles. The Bertz CT molecular complexity index is 1420. The van der Waals surface area contributed by atoms with Gasteiger partial charge in [0.15, 0.2) is 17.2 Å². The summed E-state index contributed by atoms with van der Waals surface area (Å²) in [7, 11) is 0. The number of nitro groups is 1. The van der Waals surface area contributed by atoms with E-state index in [0.29, 0.717) is 43.9 Å². The van der Waals surface area contributed by atoms with Gasteiger partial charge >= 0.3 is 5.97 Å². The number of carbonyl (C=O) groups is 1. The number of benzene rings is 3. The maximum absolute atomic E-state index is 14.0. The average molecular weight is 602 g/mol. The number of hydrogen-bond acceptors (Lipinski definition) is 7. The molecule has 0 spiro atoms. The van der Waals surface area contributed by atoms with E-state index in [2.05, 4.69) is 27.6 Å². The van der Waals surface area contributed by atoms with E-state index in [9.17, 15) is 19.3 Å². The highest BCUT2D eigenvalue weighted by Crippen LogP contribution is 2.36. The summed E-state index contributed by atoms with van der Waals surface area (Å²) in [6.45, 7) is 3.78. The third-order valence-electron chi connectivity index (χ3n) is 5.32. The quantitative estimate of drug-likeness (QED) is 0.104. The summed E-state index contributed by atoms with van der Waals surface area (Å²) < 4.78 is 31.6. The van der Waals surface area contributed by atoms with Crippen molar-refractivity contribution in [2.45, 2.75) is 20.5 Å². The summed E-state index contributed by atoms with van der Waals surface area (Å²) in [5, 5.41) is 11.3. The Labute approximate surface area is 219 Å². The van der Waals surface area contributed by atoms with E-state index in [0.717, 1.165) is 0 Å². The minimum absolute atomic E-state index is 0.00276. The van der Waals surface area contributed by atoms with Gasteiger partial charge in [-0.15, -0.1) is 0 Å². The number of aliphatic imine (C=N–C) groups is 1. The second kappa shape index (κ2) is 10.9. The molecule has 8 nitrogen and oxygen atoms in total. The van der Waals surface area contributed by atoms with Gasteiger partial charge in [0.25, 0.3) is 5.69 Å². The number of esters is 1. The van der Waals surface area contributed by atoms with Gasteiger partial charge in [0.05, 0.1) is 15.1 Å². The van der Waals surface area contributed by atoms with E-state index < -0.39 is 10.9 Å². The first-order valence-corrected chi connectivity index (χ1v) is 12.0. The highest BCUT2D eigenvalue weighted by atomic mass is 127. The van der Waals surface area contributed by atoms with Crippen LogP contribution in [-0.4, -0.2) is 23.4 Å². The summed E-state index contributed by atoms with van der Waals surface area (Å²) in [4.78, 5) is 27.5. The fraction of sp³-hybridized carbons (Fsp3) is 0.154. The van der Waals surface area contributed by atoms with Gasteiger partial charge < -0.3 is 14.2 Å². The van der Waals surface area contributed by atoms with Crippen molar-refractivity contribution in [3.05, 3.63) is 102 Å².